The lowest BCUT2D eigenvalue weighted by Gasteiger charge is -2.32. The molecule has 16 heteroatoms. The largest absolute Gasteiger partial charge is 0.493 e. The predicted molar refractivity (Wildman–Crippen MR) is 265 cm³/mol. The highest BCUT2D eigenvalue weighted by molar-refractivity contribution is 6.06. The summed E-state index contributed by atoms with van der Waals surface area (Å²) in [5.74, 6) is 1.76. The second-order valence-electron chi connectivity index (χ2n) is 16.3. The van der Waals surface area contributed by atoms with E-state index < -0.39 is 12.1 Å². The number of benzene rings is 4. The number of nitrogens with one attached hydrogen (secondary N) is 2. The first kappa shape index (κ1) is 49.5. The Balaban J connectivity index is 0.000000207. The normalized spacial score (nSPS) is 15.2. The van der Waals surface area contributed by atoms with Crippen LogP contribution in [0.3, 0.4) is 0 Å². The number of hydrazone groups is 2. The number of hydrogen-bond donors (Lipinski definition) is 2. The summed E-state index contributed by atoms with van der Waals surface area (Å²) in [5, 5.41) is 18.5. The van der Waals surface area contributed by atoms with Gasteiger partial charge in [0.25, 0.3) is 11.8 Å². The van der Waals surface area contributed by atoms with Gasteiger partial charge >= 0.3 is 0 Å². The number of amides is 4. The third kappa shape index (κ3) is 12.4. The molecule has 2 N–H and O–H groups in total. The molecule has 0 saturated carbocycles. The van der Waals surface area contributed by atoms with Crippen molar-refractivity contribution in [1.82, 2.24) is 30.6 Å². The molecule has 0 fully saturated rings. The van der Waals surface area contributed by atoms with Crippen molar-refractivity contribution in [2.45, 2.75) is 44.7 Å². The Morgan fingerprint density at radius 2 is 1.03 bits per heavy atom. The Bertz CT molecular complexity index is 2800. The van der Waals surface area contributed by atoms with Crippen LogP contribution >= 0.6 is 0 Å². The standard InChI is InChI=1S/C28H30N4O4.C26H26N4O4/c1-4-19-17-26(33)32(31-27(19)22-10-11-24(35-2)25(16-22)36-3)18-23(20-8-6-5-7-9-20)30-28(34)21-12-14-29-15-13-21;1-33-23-10-8-20(16-24(23)34-2)21-9-11-25(31)30(29-21)17-22(18-6-4-3-5-7-18)28-26(32)19-12-14-27-15-13-19/h5-16,19,23H,4,17-18H2,1-3H3,(H,30,34);3-8,10,12-16,22H,9,11,17H2,1-2H3,(H,28,32). The zero-order chi connectivity index (χ0) is 49.4. The van der Waals surface area contributed by atoms with Gasteiger partial charge in [0.2, 0.25) is 11.8 Å². The van der Waals surface area contributed by atoms with Gasteiger partial charge in [-0.25, -0.2) is 10.0 Å². The summed E-state index contributed by atoms with van der Waals surface area (Å²) in [5.41, 5.74) is 6.06. The first-order valence-electron chi connectivity index (χ1n) is 22.9. The van der Waals surface area contributed by atoms with Crippen LogP contribution in [0.1, 0.15) is 87.7 Å². The van der Waals surface area contributed by atoms with Crippen molar-refractivity contribution in [2.75, 3.05) is 41.5 Å². The van der Waals surface area contributed by atoms with Crippen molar-refractivity contribution >= 4 is 35.1 Å². The Kier molecular flexibility index (Phi) is 17.0. The van der Waals surface area contributed by atoms with Crippen molar-refractivity contribution in [3.05, 3.63) is 179 Å². The van der Waals surface area contributed by atoms with Gasteiger partial charge < -0.3 is 29.6 Å². The van der Waals surface area contributed by atoms with E-state index in [1.165, 1.54) is 10.0 Å². The third-order valence-electron chi connectivity index (χ3n) is 11.9. The van der Waals surface area contributed by atoms with Crippen LogP contribution in [0.2, 0.25) is 0 Å². The summed E-state index contributed by atoms with van der Waals surface area (Å²) in [7, 11) is 6.35. The molecule has 0 radical (unpaired) electrons. The molecule has 70 heavy (non-hydrogen) atoms. The van der Waals surface area contributed by atoms with Crippen molar-refractivity contribution in [3.8, 4) is 23.0 Å². The number of hydrogen-bond acceptors (Lipinski definition) is 12. The Morgan fingerprint density at radius 3 is 1.50 bits per heavy atom. The lowest BCUT2D eigenvalue weighted by atomic mass is 9.89. The first-order valence-corrected chi connectivity index (χ1v) is 22.9. The molecular weight excluding hydrogens is 889 g/mol. The summed E-state index contributed by atoms with van der Waals surface area (Å²) in [6.07, 6.45) is 8.24. The summed E-state index contributed by atoms with van der Waals surface area (Å²) in [6, 6.07) is 36.1. The molecule has 0 aliphatic carbocycles. The van der Waals surface area contributed by atoms with Gasteiger partial charge in [0, 0.05) is 72.2 Å². The molecule has 0 spiro atoms. The van der Waals surface area contributed by atoms with E-state index in [1.54, 1.807) is 77.5 Å². The number of rotatable bonds is 17. The Morgan fingerprint density at radius 1 is 0.571 bits per heavy atom. The highest BCUT2D eigenvalue weighted by atomic mass is 16.5. The van der Waals surface area contributed by atoms with E-state index in [0.29, 0.717) is 53.4 Å². The van der Waals surface area contributed by atoms with Gasteiger partial charge in [-0.1, -0.05) is 67.6 Å². The third-order valence-corrected chi connectivity index (χ3v) is 11.9. The summed E-state index contributed by atoms with van der Waals surface area (Å²) in [4.78, 5) is 59.7. The van der Waals surface area contributed by atoms with E-state index in [2.05, 4.69) is 25.7 Å². The van der Waals surface area contributed by atoms with Crippen molar-refractivity contribution in [3.63, 3.8) is 0 Å². The van der Waals surface area contributed by atoms with Crippen LogP contribution in [0.4, 0.5) is 0 Å². The fourth-order valence-electron chi connectivity index (χ4n) is 8.09. The van der Waals surface area contributed by atoms with Gasteiger partial charge in [-0.15, -0.1) is 0 Å². The van der Waals surface area contributed by atoms with Crippen LogP contribution in [0, 0.1) is 5.92 Å². The number of methoxy groups -OCH3 is 4. The first-order chi connectivity index (χ1) is 34.1. The van der Waals surface area contributed by atoms with E-state index in [-0.39, 0.29) is 42.6 Å². The molecule has 4 heterocycles. The molecule has 6 aromatic rings. The number of aromatic nitrogens is 2. The maximum Gasteiger partial charge on any atom is 0.251 e. The molecule has 0 saturated heterocycles. The van der Waals surface area contributed by atoms with Crippen LogP contribution in [0.5, 0.6) is 23.0 Å². The topological polar surface area (TPSA) is 186 Å². The van der Waals surface area contributed by atoms with Crippen LogP contribution in [0.25, 0.3) is 0 Å². The number of carbonyl (C=O) groups excluding carboxylic acids is 4. The number of carbonyl (C=O) groups is 4. The molecule has 3 unspecified atom stereocenters. The molecule has 2 aliphatic heterocycles. The van der Waals surface area contributed by atoms with E-state index in [4.69, 9.17) is 24.0 Å². The highest BCUT2D eigenvalue weighted by Crippen LogP contribution is 2.33. The fourth-order valence-corrected chi connectivity index (χ4v) is 8.09. The van der Waals surface area contributed by atoms with Gasteiger partial charge in [0.05, 0.1) is 65.0 Å². The number of nitrogens with zero attached hydrogens (tertiary/aromatic N) is 6. The molecule has 0 bridgehead atoms. The predicted octanol–water partition coefficient (Wildman–Crippen LogP) is 7.83. The van der Waals surface area contributed by atoms with Crippen molar-refractivity contribution in [1.29, 1.82) is 0 Å². The number of pyridine rings is 2. The summed E-state index contributed by atoms with van der Waals surface area (Å²) >= 11 is 0. The second-order valence-corrected chi connectivity index (χ2v) is 16.3. The highest BCUT2D eigenvalue weighted by Gasteiger charge is 2.32. The van der Waals surface area contributed by atoms with Crippen LogP contribution < -0.4 is 29.6 Å². The lowest BCUT2D eigenvalue weighted by Crippen LogP contribution is -2.43. The molecule has 4 amide bonds. The van der Waals surface area contributed by atoms with Gasteiger partial charge in [-0.2, -0.15) is 10.2 Å². The van der Waals surface area contributed by atoms with Crippen molar-refractivity contribution in [2.24, 2.45) is 16.1 Å². The molecular formula is C54H56N8O8. The molecule has 2 aliphatic rings. The van der Waals surface area contributed by atoms with Crippen LogP contribution in [-0.4, -0.2) is 96.6 Å². The molecule has 8 rings (SSSR count). The average Bonchev–Trinajstić information content (AvgIpc) is 3.42. The zero-order valence-electron chi connectivity index (χ0n) is 39.8. The smallest absolute Gasteiger partial charge is 0.251 e. The minimum atomic E-state index is -0.454. The molecule has 2 aromatic heterocycles. The lowest BCUT2D eigenvalue weighted by molar-refractivity contribution is -0.133. The Hall–Kier alpha value is -8.40. The van der Waals surface area contributed by atoms with E-state index in [9.17, 15) is 19.2 Å². The Labute approximate surface area is 407 Å². The van der Waals surface area contributed by atoms with Gasteiger partial charge in [0.1, 0.15) is 0 Å². The van der Waals surface area contributed by atoms with Gasteiger partial charge in [-0.3, -0.25) is 29.1 Å². The maximum absolute atomic E-state index is 13.1. The molecule has 16 nitrogen and oxygen atoms in total. The molecule has 360 valence electrons. The second kappa shape index (κ2) is 24.1. The quantitative estimate of drug-likeness (QED) is 0.0913. The minimum absolute atomic E-state index is 0.0200. The molecule has 4 aromatic carbocycles. The summed E-state index contributed by atoms with van der Waals surface area (Å²) < 4.78 is 21.6. The summed E-state index contributed by atoms with van der Waals surface area (Å²) in [6.45, 7) is 2.45. The van der Waals surface area contributed by atoms with E-state index >= 15 is 0 Å². The van der Waals surface area contributed by atoms with Crippen molar-refractivity contribution < 1.29 is 38.1 Å². The molecule has 3 atom stereocenters. The maximum atomic E-state index is 13.1. The van der Waals surface area contributed by atoms with Gasteiger partial charge in [-0.05, 0) is 78.2 Å². The SMILES string of the molecule is CCC1CC(=O)N(CC(NC(=O)c2ccncc2)c2ccccc2)N=C1c1ccc(OC)c(OC)c1.COc1ccc(C2=NN(CC(NC(=O)c3ccncc3)c3ccccc3)C(=O)CC2)cc1OC. The monoisotopic (exact) mass is 944 g/mol. The van der Waals surface area contributed by atoms with Crippen LogP contribution in [0.15, 0.2) is 156 Å². The van der Waals surface area contributed by atoms with Crippen LogP contribution in [-0.2, 0) is 9.59 Å². The average molecular weight is 945 g/mol. The van der Waals surface area contributed by atoms with E-state index in [1.807, 2.05) is 104 Å². The fraction of sp³-hybridized carbons (Fsp3) is 0.259. The number of ether oxygens (including phenoxy) is 4. The zero-order valence-corrected chi connectivity index (χ0v) is 39.8. The van der Waals surface area contributed by atoms with E-state index in [0.717, 1.165) is 40.1 Å². The van der Waals surface area contributed by atoms with Gasteiger partial charge in [0.15, 0.2) is 23.0 Å². The minimum Gasteiger partial charge on any atom is -0.493 e.